The minimum atomic E-state index is 0.0495. The Morgan fingerprint density at radius 2 is 1.97 bits per heavy atom. The first-order chi connectivity index (χ1) is 14.2. The molecule has 0 saturated carbocycles. The van der Waals surface area contributed by atoms with Crippen LogP contribution in [0.4, 0.5) is 0 Å². The van der Waals surface area contributed by atoms with Gasteiger partial charge in [0.25, 0.3) is 0 Å². The van der Waals surface area contributed by atoms with Crippen LogP contribution < -0.4 is 10.1 Å². The largest absolute Gasteiger partial charge is 0.496 e. The number of ether oxygens (including phenoxy) is 1. The zero-order valence-corrected chi connectivity index (χ0v) is 16.8. The molecule has 29 heavy (non-hydrogen) atoms. The minimum absolute atomic E-state index is 0.0495. The topological polar surface area (TPSA) is 56.1 Å². The number of aryl methyl sites for hydroxylation is 1. The van der Waals surface area contributed by atoms with Crippen molar-refractivity contribution in [2.24, 2.45) is 0 Å². The van der Waals surface area contributed by atoms with Crippen LogP contribution in [-0.2, 0) is 24.2 Å². The van der Waals surface area contributed by atoms with Crippen LogP contribution in [0.1, 0.15) is 47.7 Å². The van der Waals surface area contributed by atoms with Crippen LogP contribution >= 0.6 is 0 Å². The maximum atomic E-state index is 12.6. The van der Waals surface area contributed by atoms with Crippen LogP contribution in [-0.4, -0.2) is 22.8 Å². The molecule has 1 N–H and O–H groups in total. The summed E-state index contributed by atoms with van der Waals surface area (Å²) in [6.45, 7) is 0.768. The summed E-state index contributed by atoms with van der Waals surface area (Å²) in [5.74, 6) is 0.909. The molecule has 1 aliphatic carbocycles. The summed E-state index contributed by atoms with van der Waals surface area (Å²) >= 11 is 0. The number of carbonyl (C=O) groups excluding carboxylic acids is 1. The highest BCUT2D eigenvalue weighted by Gasteiger charge is 2.25. The van der Waals surface area contributed by atoms with E-state index in [1.54, 1.807) is 7.11 Å². The number of methoxy groups -OCH3 is 1. The van der Waals surface area contributed by atoms with E-state index in [1.165, 1.54) is 11.3 Å². The SMILES string of the molecule is COc1ccccc1CCC(=O)NC1CCCc2c1cnn2Cc1ccccc1. The summed E-state index contributed by atoms with van der Waals surface area (Å²) < 4.78 is 7.46. The molecule has 1 amide bonds. The number of aromatic nitrogens is 2. The van der Waals surface area contributed by atoms with Crippen molar-refractivity contribution >= 4 is 5.91 Å². The number of hydrogen-bond acceptors (Lipinski definition) is 3. The molecule has 0 aliphatic heterocycles. The molecule has 0 fully saturated rings. The average Bonchev–Trinajstić information content (AvgIpc) is 3.17. The highest BCUT2D eigenvalue weighted by molar-refractivity contribution is 5.77. The molecule has 150 valence electrons. The lowest BCUT2D eigenvalue weighted by atomic mass is 9.92. The van der Waals surface area contributed by atoms with E-state index in [1.807, 2.05) is 36.5 Å². The molecule has 1 heterocycles. The van der Waals surface area contributed by atoms with Gasteiger partial charge in [0.2, 0.25) is 5.91 Å². The number of nitrogens with one attached hydrogen (secondary N) is 1. The molecule has 1 aliphatic rings. The van der Waals surface area contributed by atoms with Gasteiger partial charge >= 0.3 is 0 Å². The zero-order chi connectivity index (χ0) is 20.1. The molecule has 0 saturated heterocycles. The maximum absolute atomic E-state index is 12.6. The Hall–Kier alpha value is -3.08. The molecule has 2 aromatic carbocycles. The molecular weight excluding hydrogens is 362 g/mol. The molecule has 0 radical (unpaired) electrons. The van der Waals surface area contributed by atoms with E-state index in [0.717, 1.165) is 42.7 Å². The molecule has 5 heteroatoms. The second-order valence-corrected chi connectivity index (χ2v) is 7.51. The Morgan fingerprint density at radius 1 is 1.17 bits per heavy atom. The number of carbonyl (C=O) groups is 1. The van der Waals surface area contributed by atoms with Gasteiger partial charge < -0.3 is 10.1 Å². The first-order valence-electron chi connectivity index (χ1n) is 10.2. The van der Waals surface area contributed by atoms with Crippen molar-refractivity contribution in [3.8, 4) is 5.75 Å². The van der Waals surface area contributed by atoms with Crippen molar-refractivity contribution in [1.82, 2.24) is 15.1 Å². The lowest BCUT2D eigenvalue weighted by Crippen LogP contribution is -2.31. The van der Waals surface area contributed by atoms with Crippen molar-refractivity contribution in [2.75, 3.05) is 7.11 Å². The molecule has 0 spiro atoms. The number of para-hydroxylation sites is 1. The van der Waals surface area contributed by atoms with Crippen molar-refractivity contribution in [3.63, 3.8) is 0 Å². The highest BCUT2D eigenvalue weighted by atomic mass is 16.5. The van der Waals surface area contributed by atoms with E-state index in [9.17, 15) is 4.79 Å². The van der Waals surface area contributed by atoms with Crippen LogP contribution in [0, 0.1) is 0 Å². The number of benzene rings is 2. The number of hydrogen-bond donors (Lipinski definition) is 1. The molecule has 1 unspecified atom stereocenters. The van der Waals surface area contributed by atoms with E-state index in [-0.39, 0.29) is 11.9 Å². The molecule has 4 rings (SSSR count). The standard InChI is InChI=1S/C24H27N3O2/c1-29-23-13-6-5-10-19(23)14-15-24(28)26-21-11-7-12-22-20(21)16-25-27(22)17-18-8-3-2-4-9-18/h2-6,8-10,13,16,21H,7,11-12,14-15,17H2,1H3,(H,26,28). The summed E-state index contributed by atoms with van der Waals surface area (Å²) in [5.41, 5.74) is 4.71. The van der Waals surface area contributed by atoms with Gasteiger partial charge in [0, 0.05) is 17.7 Å². The van der Waals surface area contributed by atoms with Crippen LogP contribution in [0.25, 0.3) is 0 Å². The molecular formula is C24H27N3O2. The lowest BCUT2D eigenvalue weighted by molar-refractivity contribution is -0.121. The fourth-order valence-corrected chi connectivity index (χ4v) is 4.09. The van der Waals surface area contributed by atoms with Crippen molar-refractivity contribution in [2.45, 2.75) is 44.7 Å². The third kappa shape index (κ3) is 4.50. The predicted octanol–water partition coefficient (Wildman–Crippen LogP) is 4.07. The van der Waals surface area contributed by atoms with Crippen LogP contribution in [0.3, 0.4) is 0 Å². The average molecular weight is 389 g/mol. The fraction of sp³-hybridized carbons (Fsp3) is 0.333. The monoisotopic (exact) mass is 389 g/mol. The fourth-order valence-electron chi connectivity index (χ4n) is 4.09. The number of rotatable bonds is 7. The third-order valence-corrected chi connectivity index (χ3v) is 5.59. The van der Waals surface area contributed by atoms with E-state index in [0.29, 0.717) is 12.8 Å². The second-order valence-electron chi connectivity index (χ2n) is 7.51. The van der Waals surface area contributed by atoms with Crippen molar-refractivity contribution in [1.29, 1.82) is 0 Å². The molecule has 5 nitrogen and oxygen atoms in total. The quantitative estimate of drug-likeness (QED) is 0.663. The van der Waals surface area contributed by atoms with Crippen LogP contribution in [0.5, 0.6) is 5.75 Å². The summed E-state index contributed by atoms with van der Waals surface area (Å²) in [6.07, 6.45) is 6.08. The third-order valence-electron chi connectivity index (χ3n) is 5.59. The second kappa shape index (κ2) is 8.95. The van der Waals surface area contributed by atoms with Crippen molar-refractivity contribution < 1.29 is 9.53 Å². The first kappa shape index (κ1) is 19.2. The predicted molar refractivity (Wildman–Crippen MR) is 113 cm³/mol. The van der Waals surface area contributed by atoms with E-state index >= 15 is 0 Å². The Balaban J connectivity index is 1.40. The van der Waals surface area contributed by atoms with Gasteiger partial charge in [0.1, 0.15) is 5.75 Å². The normalized spacial score (nSPS) is 15.6. The van der Waals surface area contributed by atoms with Gasteiger partial charge in [-0.2, -0.15) is 5.10 Å². The Bertz CT molecular complexity index is 965. The molecule has 1 atom stereocenters. The van der Waals surface area contributed by atoms with E-state index in [2.05, 4.69) is 39.4 Å². The van der Waals surface area contributed by atoms with E-state index < -0.39 is 0 Å². The highest BCUT2D eigenvalue weighted by Crippen LogP contribution is 2.30. The molecule has 1 aromatic heterocycles. The van der Waals surface area contributed by atoms with Gasteiger partial charge in [0.05, 0.1) is 25.9 Å². The number of amides is 1. The van der Waals surface area contributed by atoms with Crippen molar-refractivity contribution in [3.05, 3.63) is 83.2 Å². The van der Waals surface area contributed by atoms with Gasteiger partial charge in [-0.15, -0.1) is 0 Å². The van der Waals surface area contributed by atoms with Gasteiger partial charge in [-0.25, -0.2) is 0 Å². The minimum Gasteiger partial charge on any atom is -0.496 e. The van der Waals surface area contributed by atoms with Gasteiger partial charge in [-0.05, 0) is 42.9 Å². The van der Waals surface area contributed by atoms with Crippen LogP contribution in [0.15, 0.2) is 60.8 Å². The van der Waals surface area contributed by atoms with Gasteiger partial charge in [-0.3, -0.25) is 9.48 Å². The Kier molecular flexibility index (Phi) is 5.94. The summed E-state index contributed by atoms with van der Waals surface area (Å²) in [7, 11) is 1.66. The molecule has 3 aromatic rings. The lowest BCUT2D eigenvalue weighted by Gasteiger charge is -2.24. The van der Waals surface area contributed by atoms with Gasteiger partial charge in [0.15, 0.2) is 0 Å². The van der Waals surface area contributed by atoms with Gasteiger partial charge in [-0.1, -0.05) is 48.5 Å². The Morgan fingerprint density at radius 3 is 2.79 bits per heavy atom. The summed E-state index contributed by atoms with van der Waals surface area (Å²) in [5, 5.41) is 7.84. The number of nitrogens with zero attached hydrogens (tertiary/aromatic N) is 2. The summed E-state index contributed by atoms with van der Waals surface area (Å²) in [6, 6.07) is 18.3. The molecule has 0 bridgehead atoms. The van der Waals surface area contributed by atoms with Crippen LogP contribution in [0.2, 0.25) is 0 Å². The van der Waals surface area contributed by atoms with E-state index in [4.69, 9.17) is 4.74 Å². The first-order valence-corrected chi connectivity index (χ1v) is 10.2. The Labute approximate surface area is 171 Å². The number of fused-ring (bicyclic) bond motifs is 1. The smallest absolute Gasteiger partial charge is 0.220 e. The zero-order valence-electron chi connectivity index (χ0n) is 16.8. The maximum Gasteiger partial charge on any atom is 0.220 e. The summed E-state index contributed by atoms with van der Waals surface area (Å²) in [4.78, 5) is 12.6.